The highest BCUT2D eigenvalue weighted by Crippen LogP contribution is 2.31. The molecule has 0 atom stereocenters. The smallest absolute Gasteiger partial charge is 0.280 e. The molecule has 0 aliphatic carbocycles. The number of carbonyl (C=O) groups excluding carboxylic acids is 1. The molecule has 1 amide bonds. The summed E-state index contributed by atoms with van der Waals surface area (Å²) >= 11 is 6.15. The van der Waals surface area contributed by atoms with E-state index in [9.17, 15) is 9.59 Å². The Balaban J connectivity index is 1.80. The van der Waals surface area contributed by atoms with E-state index in [0.717, 1.165) is 4.68 Å². The van der Waals surface area contributed by atoms with Gasteiger partial charge in [0.1, 0.15) is 0 Å². The summed E-state index contributed by atoms with van der Waals surface area (Å²) in [6, 6.07) is 19.2. The Morgan fingerprint density at radius 2 is 1.73 bits per heavy atom. The summed E-state index contributed by atoms with van der Waals surface area (Å²) in [5, 5.41) is 0.884. The van der Waals surface area contributed by atoms with Crippen LogP contribution in [0.2, 0.25) is 5.02 Å². The van der Waals surface area contributed by atoms with Gasteiger partial charge in [-0.3, -0.25) is 15.0 Å². The van der Waals surface area contributed by atoms with Crippen molar-refractivity contribution in [2.75, 3.05) is 19.6 Å². The predicted molar refractivity (Wildman–Crippen MR) is 129 cm³/mol. The van der Waals surface area contributed by atoms with E-state index in [0.29, 0.717) is 38.6 Å². The number of carbonyl (C=O) groups is 1. The first-order valence-corrected chi connectivity index (χ1v) is 10.4. The second kappa shape index (κ2) is 9.58. The van der Waals surface area contributed by atoms with E-state index in [1.807, 2.05) is 6.07 Å². The molecule has 0 spiro atoms. The molecule has 4 rings (SSSR count). The van der Waals surface area contributed by atoms with Crippen LogP contribution in [0.1, 0.15) is 5.56 Å². The fourth-order valence-electron chi connectivity index (χ4n) is 3.33. The molecule has 1 heterocycles. The van der Waals surface area contributed by atoms with Gasteiger partial charge in [0.15, 0.2) is 17.3 Å². The molecule has 166 valence electrons. The van der Waals surface area contributed by atoms with Crippen LogP contribution in [0.3, 0.4) is 0 Å². The van der Waals surface area contributed by atoms with Crippen molar-refractivity contribution in [1.29, 1.82) is 0 Å². The number of halogens is 1. The van der Waals surface area contributed by atoms with Gasteiger partial charge in [0.2, 0.25) is 0 Å². The molecule has 4 aromatic rings. The number of para-hydroxylation sites is 1. The Morgan fingerprint density at radius 3 is 2.48 bits per heavy atom. The van der Waals surface area contributed by atoms with Gasteiger partial charge in [0.25, 0.3) is 11.5 Å². The van der Waals surface area contributed by atoms with E-state index >= 15 is 0 Å². The van der Waals surface area contributed by atoms with Crippen LogP contribution in [0.4, 0.5) is 0 Å². The summed E-state index contributed by atoms with van der Waals surface area (Å²) in [7, 11) is 3.05. The minimum atomic E-state index is -0.518. The van der Waals surface area contributed by atoms with Gasteiger partial charge in [-0.2, -0.15) is 4.68 Å². The van der Waals surface area contributed by atoms with Crippen LogP contribution in [0.5, 0.6) is 11.5 Å². The number of nitrogens with one attached hydrogen (secondary N) is 1. The van der Waals surface area contributed by atoms with Crippen LogP contribution in [0.15, 0.2) is 77.6 Å². The minimum absolute atomic E-state index is 0.249. The number of hydrogen-bond acceptors (Lipinski definition) is 5. The first-order valence-electron chi connectivity index (χ1n) is 9.99. The number of benzene rings is 3. The zero-order valence-corrected chi connectivity index (χ0v) is 18.7. The maximum atomic E-state index is 13.3. The zero-order valence-electron chi connectivity index (χ0n) is 17.9. The molecular weight excluding hydrogens is 442 g/mol. The Labute approximate surface area is 194 Å². The monoisotopic (exact) mass is 461 g/mol. The van der Waals surface area contributed by atoms with Gasteiger partial charge in [-0.15, -0.1) is 0 Å². The van der Waals surface area contributed by atoms with E-state index in [1.54, 1.807) is 66.7 Å². The maximum absolute atomic E-state index is 13.3. The van der Waals surface area contributed by atoms with Crippen molar-refractivity contribution < 1.29 is 14.3 Å². The third-order valence-corrected chi connectivity index (χ3v) is 5.30. The molecule has 1 N–H and O–H groups in total. The normalized spacial score (nSPS) is 11.0. The molecule has 0 saturated heterocycles. The number of nitrogens with zero attached hydrogens (tertiary/aromatic N) is 2. The molecule has 0 aliphatic heterocycles. The summed E-state index contributed by atoms with van der Waals surface area (Å²) in [5.74, 6) is 0.728. The summed E-state index contributed by atoms with van der Waals surface area (Å²) < 4.78 is 11.8. The van der Waals surface area contributed by atoms with Crippen LogP contribution in [0.25, 0.3) is 28.4 Å². The first-order chi connectivity index (χ1) is 16.0. The van der Waals surface area contributed by atoms with Crippen LogP contribution in [-0.2, 0) is 4.79 Å². The Bertz CT molecular complexity index is 1430. The fourth-order valence-corrected chi connectivity index (χ4v) is 3.53. The largest absolute Gasteiger partial charge is 0.493 e. The van der Waals surface area contributed by atoms with Crippen molar-refractivity contribution in [2.24, 2.45) is 0 Å². The Kier molecular flexibility index (Phi) is 6.42. The Morgan fingerprint density at radius 1 is 1.00 bits per heavy atom. The molecule has 0 radical (unpaired) electrons. The van der Waals surface area contributed by atoms with Crippen molar-refractivity contribution in [2.45, 2.75) is 0 Å². The number of rotatable bonds is 6. The molecule has 1 aromatic heterocycles. The summed E-state index contributed by atoms with van der Waals surface area (Å²) in [6.07, 6.45) is 2.88. The number of aromatic nitrogens is 2. The molecule has 8 heteroatoms. The van der Waals surface area contributed by atoms with Crippen LogP contribution >= 0.6 is 11.6 Å². The summed E-state index contributed by atoms with van der Waals surface area (Å²) in [6.45, 7) is 0. The van der Waals surface area contributed by atoms with Crippen molar-refractivity contribution in [3.8, 4) is 22.9 Å². The zero-order chi connectivity index (χ0) is 23.4. The maximum Gasteiger partial charge on any atom is 0.280 e. The average Bonchev–Trinajstić information content (AvgIpc) is 2.84. The minimum Gasteiger partial charge on any atom is -0.493 e. The molecule has 0 fully saturated rings. The van der Waals surface area contributed by atoms with E-state index in [-0.39, 0.29) is 5.82 Å². The number of amides is 1. The standard InChI is InChI=1S/C25H20ClN3O4/c1-32-21-13-11-17(15-22(21)33-2)24-27-20-10-6-4-8-18(20)25(31)29(24)28-23(30)14-12-16-7-3-5-9-19(16)26/h3-15H,1-2H3,(H,28,30). The van der Waals surface area contributed by atoms with E-state index in [1.165, 1.54) is 20.3 Å². The first kappa shape index (κ1) is 22.1. The van der Waals surface area contributed by atoms with Crippen molar-refractivity contribution in [1.82, 2.24) is 9.66 Å². The number of ether oxygens (including phenoxy) is 2. The van der Waals surface area contributed by atoms with E-state index in [2.05, 4.69) is 10.4 Å². The second-order valence-electron chi connectivity index (χ2n) is 6.99. The lowest BCUT2D eigenvalue weighted by molar-refractivity contribution is -0.112. The number of fused-ring (bicyclic) bond motifs is 1. The SMILES string of the molecule is COc1ccc(-c2nc3ccccc3c(=O)n2NC(=O)C=Cc2ccccc2Cl)cc1OC. The van der Waals surface area contributed by atoms with Crippen molar-refractivity contribution in [3.05, 3.63) is 93.7 Å². The lowest BCUT2D eigenvalue weighted by Gasteiger charge is -2.15. The van der Waals surface area contributed by atoms with E-state index < -0.39 is 11.5 Å². The highest BCUT2D eigenvalue weighted by Gasteiger charge is 2.16. The molecule has 0 aliphatic rings. The molecule has 0 unspecified atom stereocenters. The number of hydrogen-bond donors (Lipinski definition) is 1. The molecule has 0 saturated carbocycles. The van der Waals surface area contributed by atoms with Gasteiger partial charge >= 0.3 is 0 Å². The third kappa shape index (κ3) is 4.58. The lowest BCUT2D eigenvalue weighted by atomic mass is 10.1. The lowest BCUT2D eigenvalue weighted by Crippen LogP contribution is -2.34. The number of methoxy groups -OCH3 is 2. The topological polar surface area (TPSA) is 82.5 Å². The van der Waals surface area contributed by atoms with Gasteiger partial charge in [-0.25, -0.2) is 4.98 Å². The highest BCUT2D eigenvalue weighted by molar-refractivity contribution is 6.32. The quantitative estimate of drug-likeness (QED) is 0.427. The highest BCUT2D eigenvalue weighted by atomic mass is 35.5. The summed E-state index contributed by atoms with van der Waals surface area (Å²) in [4.78, 5) is 30.6. The van der Waals surface area contributed by atoms with Gasteiger partial charge in [-0.1, -0.05) is 41.9 Å². The fraction of sp³-hybridized carbons (Fsp3) is 0.0800. The molecular formula is C25H20ClN3O4. The van der Waals surface area contributed by atoms with Crippen LogP contribution in [-0.4, -0.2) is 29.8 Å². The molecule has 33 heavy (non-hydrogen) atoms. The van der Waals surface area contributed by atoms with Gasteiger partial charge < -0.3 is 9.47 Å². The second-order valence-corrected chi connectivity index (χ2v) is 7.40. The average molecular weight is 462 g/mol. The molecule has 3 aromatic carbocycles. The van der Waals surface area contributed by atoms with Crippen LogP contribution in [0, 0.1) is 0 Å². The van der Waals surface area contributed by atoms with Crippen molar-refractivity contribution >= 4 is 34.5 Å². The third-order valence-electron chi connectivity index (χ3n) is 4.96. The van der Waals surface area contributed by atoms with E-state index in [4.69, 9.17) is 21.1 Å². The van der Waals surface area contributed by atoms with Crippen molar-refractivity contribution in [3.63, 3.8) is 0 Å². The molecule has 0 bridgehead atoms. The van der Waals surface area contributed by atoms with Gasteiger partial charge in [0.05, 0.1) is 25.1 Å². The van der Waals surface area contributed by atoms with Gasteiger partial charge in [-0.05, 0) is 48.0 Å². The summed E-state index contributed by atoms with van der Waals surface area (Å²) in [5.41, 5.74) is 3.96. The Hall–Kier alpha value is -4.10. The van der Waals surface area contributed by atoms with Gasteiger partial charge in [0, 0.05) is 16.7 Å². The predicted octanol–water partition coefficient (Wildman–Crippen LogP) is 4.52. The van der Waals surface area contributed by atoms with Crippen LogP contribution < -0.4 is 20.5 Å². The molecule has 7 nitrogen and oxygen atoms in total.